The van der Waals surface area contributed by atoms with Crippen LogP contribution < -0.4 is 15.9 Å². The molecule has 0 aliphatic heterocycles. The zero-order valence-corrected chi connectivity index (χ0v) is 13.6. The summed E-state index contributed by atoms with van der Waals surface area (Å²) in [5.74, 6) is 0.363. The number of ether oxygens (including phenoxy) is 1. The van der Waals surface area contributed by atoms with Gasteiger partial charge >= 0.3 is 0 Å². The Morgan fingerprint density at radius 3 is 2.52 bits per heavy atom. The molecule has 23 heavy (non-hydrogen) atoms. The molecular weight excluding hydrogens is 290 g/mol. The van der Waals surface area contributed by atoms with Gasteiger partial charge < -0.3 is 10.5 Å². The third-order valence-electron chi connectivity index (χ3n) is 3.22. The number of nitrogen functional groups attached to an aromatic ring is 1. The Bertz CT molecular complexity index is 719. The van der Waals surface area contributed by atoms with Crippen molar-refractivity contribution in [2.24, 2.45) is 5.10 Å². The maximum Gasteiger partial charge on any atom is 0.277 e. The van der Waals surface area contributed by atoms with E-state index in [9.17, 15) is 4.79 Å². The number of nitrogens with one attached hydrogen (secondary N) is 1. The molecule has 0 unspecified atom stereocenters. The van der Waals surface area contributed by atoms with E-state index in [4.69, 9.17) is 10.5 Å². The van der Waals surface area contributed by atoms with Crippen molar-refractivity contribution >= 4 is 17.3 Å². The van der Waals surface area contributed by atoms with Crippen molar-refractivity contribution in [2.75, 3.05) is 12.3 Å². The van der Waals surface area contributed by atoms with Crippen molar-refractivity contribution in [1.82, 2.24) is 5.43 Å². The SMILES string of the molecule is C/C(=N/NC(=O)COc1cc(C)cc(C)c1)c1cccc(N)c1. The van der Waals surface area contributed by atoms with Crippen LogP contribution in [0, 0.1) is 13.8 Å². The first-order valence-corrected chi connectivity index (χ1v) is 7.34. The number of nitrogens with zero attached hydrogens (tertiary/aromatic N) is 1. The summed E-state index contributed by atoms with van der Waals surface area (Å²) in [5, 5.41) is 4.06. The summed E-state index contributed by atoms with van der Waals surface area (Å²) in [7, 11) is 0. The lowest BCUT2D eigenvalue weighted by Crippen LogP contribution is -2.25. The maximum atomic E-state index is 11.8. The normalized spacial score (nSPS) is 11.2. The molecule has 1 amide bonds. The Labute approximate surface area is 136 Å². The van der Waals surface area contributed by atoms with E-state index >= 15 is 0 Å². The van der Waals surface area contributed by atoms with Crippen molar-refractivity contribution in [3.63, 3.8) is 0 Å². The number of amides is 1. The Morgan fingerprint density at radius 1 is 1.17 bits per heavy atom. The van der Waals surface area contributed by atoms with E-state index in [0.29, 0.717) is 17.1 Å². The number of benzene rings is 2. The third-order valence-corrected chi connectivity index (χ3v) is 3.22. The van der Waals surface area contributed by atoms with Crippen molar-refractivity contribution in [3.8, 4) is 5.75 Å². The second-order valence-electron chi connectivity index (χ2n) is 5.47. The minimum atomic E-state index is -0.313. The molecule has 3 N–H and O–H groups in total. The summed E-state index contributed by atoms with van der Waals surface area (Å²) < 4.78 is 5.49. The molecule has 0 spiro atoms. The van der Waals surface area contributed by atoms with Crippen LogP contribution in [0.3, 0.4) is 0 Å². The lowest BCUT2D eigenvalue weighted by Gasteiger charge is -2.08. The molecule has 0 aromatic heterocycles. The Morgan fingerprint density at radius 2 is 1.87 bits per heavy atom. The molecular formula is C18H21N3O2. The molecule has 2 rings (SSSR count). The average molecular weight is 311 g/mol. The average Bonchev–Trinajstić information content (AvgIpc) is 2.49. The van der Waals surface area contributed by atoms with E-state index in [1.165, 1.54) is 0 Å². The maximum absolute atomic E-state index is 11.8. The topological polar surface area (TPSA) is 76.7 Å². The van der Waals surface area contributed by atoms with Crippen molar-refractivity contribution in [3.05, 3.63) is 59.2 Å². The molecule has 0 bridgehead atoms. The molecule has 5 nitrogen and oxygen atoms in total. The second-order valence-corrected chi connectivity index (χ2v) is 5.47. The summed E-state index contributed by atoms with van der Waals surface area (Å²) in [4.78, 5) is 11.8. The summed E-state index contributed by atoms with van der Waals surface area (Å²) in [5.41, 5.74) is 12.6. The van der Waals surface area contributed by atoms with E-state index < -0.39 is 0 Å². The number of rotatable bonds is 5. The Hall–Kier alpha value is -2.82. The predicted molar refractivity (Wildman–Crippen MR) is 92.6 cm³/mol. The quantitative estimate of drug-likeness (QED) is 0.506. The molecule has 0 saturated carbocycles. The van der Waals surface area contributed by atoms with Crippen LogP contribution >= 0.6 is 0 Å². The van der Waals surface area contributed by atoms with Crippen LogP contribution in [0.25, 0.3) is 0 Å². The molecule has 5 heteroatoms. The van der Waals surface area contributed by atoms with E-state index in [0.717, 1.165) is 16.7 Å². The largest absolute Gasteiger partial charge is 0.484 e. The number of anilines is 1. The van der Waals surface area contributed by atoms with Crippen LogP contribution in [0.2, 0.25) is 0 Å². The van der Waals surface area contributed by atoms with E-state index in [1.807, 2.05) is 44.2 Å². The van der Waals surface area contributed by atoms with Gasteiger partial charge in [0.05, 0.1) is 5.71 Å². The minimum Gasteiger partial charge on any atom is -0.484 e. The highest BCUT2D eigenvalue weighted by Crippen LogP contribution is 2.15. The summed E-state index contributed by atoms with van der Waals surface area (Å²) in [6.07, 6.45) is 0. The summed E-state index contributed by atoms with van der Waals surface area (Å²) in [6.45, 7) is 5.69. The van der Waals surface area contributed by atoms with Crippen LogP contribution in [0.1, 0.15) is 23.6 Å². The van der Waals surface area contributed by atoms with Gasteiger partial charge in [-0.1, -0.05) is 18.2 Å². The molecule has 0 saturated heterocycles. The molecule has 0 aliphatic rings. The molecule has 0 fully saturated rings. The lowest BCUT2D eigenvalue weighted by molar-refractivity contribution is -0.123. The van der Waals surface area contributed by atoms with Crippen LogP contribution in [0.4, 0.5) is 5.69 Å². The fraction of sp³-hybridized carbons (Fsp3) is 0.222. The molecule has 0 aliphatic carbocycles. The van der Waals surface area contributed by atoms with Crippen LogP contribution in [-0.4, -0.2) is 18.2 Å². The zero-order chi connectivity index (χ0) is 16.8. The van der Waals surface area contributed by atoms with Gasteiger partial charge in [0.15, 0.2) is 6.61 Å². The smallest absolute Gasteiger partial charge is 0.277 e. The highest BCUT2D eigenvalue weighted by atomic mass is 16.5. The molecule has 0 heterocycles. The first-order valence-electron chi connectivity index (χ1n) is 7.34. The fourth-order valence-corrected chi connectivity index (χ4v) is 2.17. The van der Waals surface area contributed by atoms with Crippen LogP contribution in [0.15, 0.2) is 47.6 Å². The first-order chi connectivity index (χ1) is 10.9. The number of carbonyl (C=O) groups is 1. The van der Waals surface area contributed by atoms with E-state index in [1.54, 1.807) is 19.1 Å². The zero-order valence-electron chi connectivity index (χ0n) is 13.6. The van der Waals surface area contributed by atoms with E-state index in [2.05, 4.69) is 10.5 Å². The van der Waals surface area contributed by atoms with Gasteiger partial charge in [-0.3, -0.25) is 4.79 Å². The van der Waals surface area contributed by atoms with Crippen LogP contribution in [-0.2, 0) is 4.79 Å². The predicted octanol–water partition coefficient (Wildman–Crippen LogP) is 2.80. The number of hydrogen-bond acceptors (Lipinski definition) is 4. The minimum absolute atomic E-state index is 0.0867. The highest BCUT2D eigenvalue weighted by molar-refractivity contribution is 5.99. The van der Waals surface area contributed by atoms with Gasteiger partial charge in [0.25, 0.3) is 5.91 Å². The van der Waals surface area contributed by atoms with Gasteiger partial charge in [-0.15, -0.1) is 0 Å². The molecule has 2 aromatic rings. The monoisotopic (exact) mass is 311 g/mol. The number of carbonyl (C=O) groups excluding carboxylic acids is 1. The first kappa shape index (κ1) is 16.5. The lowest BCUT2D eigenvalue weighted by atomic mass is 10.1. The number of hydrazone groups is 1. The van der Waals surface area contributed by atoms with Gasteiger partial charge in [-0.2, -0.15) is 5.10 Å². The van der Waals surface area contributed by atoms with Crippen molar-refractivity contribution in [2.45, 2.75) is 20.8 Å². The standard InChI is InChI=1S/C18H21N3O2/c1-12-7-13(2)9-17(8-12)23-11-18(22)21-20-14(3)15-5-4-6-16(19)10-15/h4-10H,11,19H2,1-3H3,(H,21,22)/b20-14-. The molecule has 120 valence electrons. The third kappa shape index (κ3) is 5.14. The second kappa shape index (κ2) is 7.45. The Kier molecular flexibility index (Phi) is 5.36. The highest BCUT2D eigenvalue weighted by Gasteiger charge is 2.04. The van der Waals surface area contributed by atoms with Crippen LogP contribution in [0.5, 0.6) is 5.75 Å². The van der Waals surface area contributed by atoms with Crippen molar-refractivity contribution in [1.29, 1.82) is 0 Å². The Balaban J connectivity index is 1.90. The molecule has 2 aromatic carbocycles. The van der Waals surface area contributed by atoms with Gasteiger partial charge in [0.1, 0.15) is 5.75 Å². The van der Waals surface area contributed by atoms with Gasteiger partial charge in [0.2, 0.25) is 0 Å². The number of aryl methyl sites for hydroxylation is 2. The number of nitrogens with two attached hydrogens (primary N) is 1. The summed E-state index contributed by atoms with van der Waals surface area (Å²) >= 11 is 0. The van der Waals surface area contributed by atoms with Gasteiger partial charge in [-0.05, 0) is 61.7 Å². The van der Waals surface area contributed by atoms with Crippen molar-refractivity contribution < 1.29 is 9.53 Å². The molecule has 0 radical (unpaired) electrons. The van der Waals surface area contributed by atoms with E-state index in [-0.39, 0.29) is 12.5 Å². The van der Waals surface area contributed by atoms with Gasteiger partial charge in [-0.25, -0.2) is 5.43 Å². The summed E-state index contributed by atoms with van der Waals surface area (Å²) in [6, 6.07) is 13.2. The number of hydrogen-bond donors (Lipinski definition) is 2. The fourth-order valence-electron chi connectivity index (χ4n) is 2.17. The van der Waals surface area contributed by atoms with Gasteiger partial charge in [0, 0.05) is 5.69 Å². The molecule has 0 atom stereocenters.